The van der Waals surface area contributed by atoms with Crippen LogP contribution in [0.2, 0.25) is 0 Å². The van der Waals surface area contributed by atoms with Crippen molar-refractivity contribution in [2.45, 2.75) is 44.0 Å². The van der Waals surface area contributed by atoms with E-state index in [0.717, 1.165) is 19.3 Å². The van der Waals surface area contributed by atoms with Gasteiger partial charge in [-0.15, -0.1) is 0 Å². The van der Waals surface area contributed by atoms with Crippen molar-refractivity contribution < 1.29 is 27.3 Å². The summed E-state index contributed by atoms with van der Waals surface area (Å²) in [6.07, 6.45) is 2.61. The van der Waals surface area contributed by atoms with E-state index in [1.54, 1.807) is 6.92 Å². The van der Waals surface area contributed by atoms with Crippen molar-refractivity contribution >= 4 is 27.7 Å². The van der Waals surface area contributed by atoms with E-state index in [9.17, 15) is 18.0 Å². The number of nitrogens with one attached hydrogen (secondary N) is 1. The van der Waals surface area contributed by atoms with Gasteiger partial charge in [-0.05, 0) is 44.9 Å². The Hall–Kier alpha value is -2.72. The number of amides is 1. The molecule has 1 aromatic heterocycles. The molecule has 1 aliphatic heterocycles. The molecule has 1 amide bonds. The van der Waals surface area contributed by atoms with Crippen molar-refractivity contribution in [3.8, 4) is 0 Å². The molecule has 2 heterocycles. The highest BCUT2D eigenvalue weighted by Gasteiger charge is 2.31. The van der Waals surface area contributed by atoms with Crippen LogP contribution in [0.1, 0.15) is 42.3 Å². The summed E-state index contributed by atoms with van der Waals surface area (Å²) in [5.74, 6) is -0.636. The van der Waals surface area contributed by atoms with Crippen LogP contribution in [0.25, 0.3) is 0 Å². The maximum Gasteiger partial charge on any atom is 0.338 e. The van der Waals surface area contributed by atoms with Crippen LogP contribution in [0.5, 0.6) is 0 Å². The number of ether oxygens (including phenoxy) is 1. The fourth-order valence-corrected chi connectivity index (χ4v) is 4.91. The zero-order chi connectivity index (χ0) is 21.0. The third-order valence-corrected chi connectivity index (χ3v) is 6.66. The van der Waals surface area contributed by atoms with Crippen molar-refractivity contribution in [2.24, 2.45) is 0 Å². The van der Waals surface area contributed by atoms with Gasteiger partial charge in [0.25, 0.3) is 5.91 Å². The van der Waals surface area contributed by atoms with Gasteiger partial charge < -0.3 is 14.6 Å². The lowest BCUT2D eigenvalue weighted by Crippen LogP contribution is -2.41. The first-order valence-corrected chi connectivity index (χ1v) is 10.7. The van der Waals surface area contributed by atoms with Crippen LogP contribution in [0.4, 0.5) is 5.82 Å². The van der Waals surface area contributed by atoms with E-state index in [0.29, 0.717) is 12.3 Å². The lowest BCUT2D eigenvalue weighted by molar-refractivity contribution is -0.119. The standard InChI is InChI=1S/C19H23N3O6S/c1-13-6-3-4-9-22(13)29(25,26)16-8-5-7-15(11-16)19(24)27-12-18(23)20-17-10-14(2)28-21-17/h5,7-8,10-11,13H,3-4,6,9,12H2,1-2H3,(H,20,21,23)/t13-/m0/s1. The minimum Gasteiger partial charge on any atom is -0.452 e. The van der Waals surface area contributed by atoms with Crippen molar-refractivity contribution in [3.05, 3.63) is 41.7 Å². The fraction of sp³-hybridized carbons (Fsp3) is 0.421. The summed E-state index contributed by atoms with van der Waals surface area (Å²) in [4.78, 5) is 24.2. The third-order valence-electron chi connectivity index (χ3n) is 4.65. The molecule has 0 unspecified atom stereocenters. The molecular formula is C19H23N3O6S. The minimum absolute atomic E-state index is 0.0308. The molecule has 0 saturated carbocycles. The van der Waals surface area contributed by atoms with Crippen molar-refractivity contribution in [1.29, 1.82) is 0 Å². The number of sulfonamides is 1. The number of esters is 1. The molecule has 10 heteroatoms. The van der Waals surface area contributed by atoms with E-state index in [1.165, 1.54) is 34.6 Å². The lowest BCUT2D eigenvalue weighted by Gasteiger charge is -2.32. The van der Waals surface area contributed by atoms with Crippen LogP contribution in [0.15, 0.2) is 39.8 Å². The predicted octanol–water partition coefficient (Wildman–Crippen LogP) is 2.34. The molecule has 3 rings (SSSR count). The smallest absolute Gasteiger partial charge is 0.338 e. The summed E-state index contributed by atoms with van der Waals surface area (Å²) in [6, 6.07) is 7.09. The highest BCUT2D eigenvalue weighted by molar-refractivity contribution is 7.89. The van der Waals surface area contributed by atoms with E-state index < -0.39 is 28.5 Å². The Bertz CT molecular complexity index is 1000. The van der Waals surface area contributed by atoms with Gasteiger partial charge in [-0.2, -0.15) is 4.31 Å². The molecular weight excluding hydrogens is 398 g/mol. The quantitative estimate of drug-likeness (QED) is 0.711. The number of nitrogens with zero attached hydrogens (tertiary/aromatic N) is 2. The number of rotatable bonds is 6. The molecule has 1 atom stereocenters. The van der Waals surface area contributed by atoms with Gasteiger partial charge in [-0.25, -0.2) is 13.2 Å². The number of aryl methyl sites for hydroxylation is 1. The number of piperidine rings is 1. The van der Waals surface area contributed by atoms with Gasteiger partial charge in [0.05, 0.1) is 10.5 Å². The topological polar surface area (TPSA) is 119 Å². The zero-order valence-corrected chi connectivity index (χ0v) is 17.1. The van der Waals surface area contributed by atoms with Gasteiger partial charge in [0.2, 0.25) is 10.0 Å². The molecule has 1 N–H and O–H groups in total. The normalized spacial score (nSPS) is 17.7. The molecule has 29 heavy (non-hydrogen) atoms. The SMILES string of the molecule is Cc1cc(NC(=O)COC(=O)c2cccc(S(=O)(=O)N3CCCC[C@@H]3C)c2)no1. The molecule has 0 aliphatic carbocycles. The Balaban J connectivity index is 1.65. The van der Waals surface area contributed by atoms with Gasteiger partial charge in [0.1, 0.15) is 5.76 Å². The van der Waals surface area contributed by atoms with Crippen LogP contribution in [-0.4, -0.2) is 48.9 Å². The molecule has 0 radical (unpaired) electrons. The largest absolute Gasteiger partial charge is 0.452 e. The van der Waals surface area contributed by atoms with E-state index in [2.05, 4.69) is 10.5 Å². The molecule has 9 nitrogen and oxygen atoms in total. The predicted molar refractivity (Wildman–Crippen MR) is 104 cm³/mol. The van der Waals surface area contributed by atoms with Gasteiger partial charge in [-0.1, -0.05) is 17.6 Å². The van der Waals surface area contributed by atoms with Crippen LogP contribution in [-0.2, 0) is 19.6 Å². The second-order valence-corrected chi connectivity index (χ2v) is 8.83. The van der Waals surface area contributed by atoms with Crippen LogP contribution in [0, 0.1) is 6.92 Å². The fourth-order valence-electron chi connectivity index (χ4n) is 3.17. The Morgan fingerprint density at radius 2 is 2.10 bits per heavy atom. The van der Waals surface area contributed by atoms with Gasteiger partial charge in [0.15, 0.2) is 12.4 Å². The molecule has 1 saturated heterocycles. The van der Waals surface area contributed by atoms with Crippen molar-refractivity contribution in [3.63, 3.8) is 0 Å². The second-order valence-electron chi connectivity index (χ2n) is 6.94. The highest BCUT2D eigenvalue weighted by atomic mass is 32.2. The number of carbonyl (C=O) groups excluding carboxylic acids is 2. The number of benzene rings is 1. The molecule has 1 aliphatic rings. The molecule has 0 spiro atoms. The summed E-state index contributed by atoms with van der Waals surface area (Å²) in [7, 11) is -3.71. The number of hydrogen-bond donors (Lipinski definition) is 1. The Morgan fingerprint density at radius 3 is 2.79 bits per heavy atom. The summed E-state index contributed by atoms with van der Waals surface area (Å²) in [5.41, 5.74) is 0.0563. The second kappa shape index (κ2) is 8.75. The molecule has 156 valence electrons. The molecule has 2 aromatic rings. The Morgan fingerprint density at radius 1 is 1.31 bits per heavy atom. The van der Waals surface area contributed by atoms with E-state index in [4.69, 9.17) is 9.26 Å². The maximum absolute atomic E-state index is 12.9. The number of anilines is 1. The minimum atomic E-state index is -3.71. The first-order chi connectivity index (χ1) is 13.8. The van der Waals surface area contributed by atoms with Crippen LogP contribution >= 0.6 is 0 Å². The first kappa shape index (κ1) is 21.0. The molecule has 1 aromatic carbocycles. The average molecular weight is 421 g/mol. The molecule has 0 bridgehead atoms. The number of carbonyl (C=O) groups is 2. The summed E-state index contributed by atoms with van der Waals surface area (Å²) < 4.78 is 37.2. The first-order valence-electron chi connectivity index (χ1n) is 9.29. The summed E-state index contributed by atoms with van der Waals surface area (Å²) in [6.45, 7) is 3.48. The Labute approximate surface area is 169 Å². The van der Waals surface area contributed by atoms with Gasteiger partial charge >= 0.3 is 5.97 Å². The van der Waals surface area contributed by atoms with E-state index in [-0.39, 0.29) is 22.3 Å². The van der Waals surface area contributed by atoms with Gasteiger partial charge in [0, 0.05) is 18.7 Å². The van der Waals surface area contributed by atoms with Gasteiger partial charge in [-0.3, -0.25) is 4.79 Å². The van der Waals surface area contributed by atoms with E-state index in [1.807, 2.05) is 6.92 Å². The maximum atomic E-state index is 12.9. The van der Waals surface area contributed by atoms with Crippen LogP contribution < -0.4 is 5.32 Å². The summed E-state index contributed by atoms with van der Waals surface area (Å²) in [5, 5.41) is 6.04. The summed E-state index contributed by atoms with van der Waals surface area (Å²) >= 11 is 0. The van der Waals surface area contributed by atoms with Crippen molar-refractivity contribution in [1.82, 2.24) is 9.46 Å². The average Bonchev–Trinajstić information content (AvgIpc) is 3.11. The molecule has 1 fully saturated rings. The highest BCUT2D eigenvalue weighted by Crippen LogP contribution is 2.25. The zero-order valence-electron chi connectivity index (χ0n) is 16.3. The van der Waals surface area contributed by atoms with Crippen molar-refractivity contribution in [2.75, 3.05) is 18.5 Å². The third kappa shape index (κ3) is 5.01. The number of hydrogen-bond acceptors (Lipinski definition) is 7. The van der Waals surface area contributed by atoms with E-state index >= 15 is 0 Å². The van der Waals surface area contributed by atoms with Crippen LogP contribution in [0.3, 0.4) is 0 Å². The lowest BCUT2D eigenvalue weighted by atomic mass is 10.1. The number of aromatic nitrogens is 1. The Kier molecular flexibility index (Phi) is 6.33. The monoisotopic (exact) mass is 421 g/mol.